The number of carbonyl (C=O) groups excluding carboxylic acids is 5. The Balaban J connectivity index is 0.000000127. The van der Waals surface area contributed by atoms with Gasteiger partial charge in [-0.15, -0.1) is 0 Å². The number of nitrogens with zero attached hydrogens (tertiary/aromatic N) is 6. The average Bonchev–Trinajstić information content (AvgIpc) is 1.58. The van der Waals surface area contributed by atoms with Gasteiger partial charge in [0.2, 0.25) is 15.9 Å². The number of sulfonamides is 3. The number of hydrogen-bond donors (Lipinski definition) is 4. The van der Waals surface area contributed by atoms with E-state index in [-0.39, 0.29) is 55.0 Å². The first-order valence-corrected chi connectivity index (χ1v) is 50.9. The molecule has 9 heterocycles. The lowest BCUT2D eigenvalue weighted by Crippen LogP contribution is -2.45. The Hall–Kier alpha value is -12.4. The highest BCUT2D eigenvalue weighted by molar-refractivity contribution is 7.90. The molecule has 0 spiro atoms. The van der Waals surface area contributed by atoms with Crippen LogP contribution in [0.15, 0.2) is 244 Å². The molecule has 133 heavy (non-hydrogen) atoms. The van der Waals surface area contributed by atoms with E-state index in [2.05, 4.69) is 71.7 Å². The number of fused-ring (bicyclic) bond motifs is 15. The summed E-state index contributed by atoms with van der Waals surface area (Å²) < 4.78 is 101. The van der Waals surface area contributed by atoms with E-state index in [0.29, 0.717) is 128 Å². The fourth-order valence-electron chi connectivity index (χ4n) is 21.0. The molecule has 12 aromatic rings. The molecule has 1 atom stereocenters. The van der Waals surface area contributed by atoms with Crippen molar-refractivity contribution in [1.82, 2.24) is 37.8 Å². The van der Waals surface area contributed by atoms with Crippen LogP contribution in [0.25, 0.3) is 78.6 Å². The normalized spacial score (nSPS) is 17.8. The van der Waals surface area contributed by atoms with Crippen LogP contribution < -0.4 is 14.6 Å². The van der Waals surface area contributed by atoms with Gasteiger partial charge in [-0.25, -0.2) is 44.6 Å². The van der Waals surface area contributed by atoms with Gasteiger partial charge in [-0.3, -0.25) is 24.0 Å². The number of carboxylic acids is 1. The maximum atomic E-state index is 14.0. The van der Waals surface area contributed by atoms with E-state index in [0.717, 1.165) is 140 Å². The van der Waals surface area contributed by atoms with E-state index >= 15 is 0 Å². The van der Waals surface area contributed by atoms with E-state index in [9.17, 15) is 59.1 Å². The number of morpholine rings is 3. The minimum absolute atomic E-state index is 0.0140. The third-order valence-corrected chi connectivity index (χ3v) is 31.1. The van der Waals surface area contributed by atoms with Crippen molar-refractivity contribution >= 4 is 110 Å². The Kier molecular flexibility index (Phi) is 27.3. The van der Waals surface area contributed by atoms with Crippen LogP contribution in [0.1, 0.15) is 179 Å². The average molecular weight is 1850 g/mol. The monoisotopic (exact) mass is 1850 g/mol. The highest BCUT2D eigenvalue weighted by atomic mass is 32.2. The number of benzene rings is 9. The molecule has 9 aromatic carbocycles. The number of nitrogens with one attached hydrogen (secondary N) is 2. The molecule has 3 aromatic heterocycles. The van der Waals surface area contributed by atoms with Crippen LogP contribution in [-0.4, -0.2) is 173 Å². The summed E-state index contributed by atoms with van der Waals surface area (Å²) in [6.07, 6.45) is 22.2. The van der Waals surface area contributed by atoms with Gasteiger partial charge < -0.3 is 47.7 Å². The molecule has 9 aliphatic rings. The molecule has 0 bridgehead atoms. The molecule has 5 amide bonds. The van der Waals surface area contributed by atoms with E-state index in [1.165, 1.54) is 98.0 Å². The number of primary sulfonamides is 1. The third-order valence-electron chi connectivity index (χ3n) is 27.5. The summed E-state index contributed by atoms with van der Waals surface area (Å²) in [5.74, 6) is -1.28. The SMILES string of the molecule is NS(=O)(=O)c1ccccc1.O=C(NS(=O)(=O)c1ccccc1)c1ccc2c(C3CCCCC3)c3n(c2c1)CC(C(=O)N1CCOCC1)=Cc1ccccc1-3.O=C(NS(=O)(=O)c1ccccc1)c1ccc2c(C3CCCCC3)c3n(c2c1)CC(C(=O)N1CCOCC1)Cc1ccccc1-3.O=C(O)c1ccc2c(C3CCCCC3)c3n(c2c1)CC(C(=O)N1CCOCC1)=Cc1ccccc1-3. The van der Waals surface area contributed by atoms with Gasteiger partial charge in [-0.1, -0.05) is 203 Å². The lowest BCUT2D eigenvalue weighted by Gasteiger charge is -2.30. The molecular formula is C105H109N9O16S3. The van der Waals surface area contributed by atoms with Crippen LogP contribution in [0.5, 0.6) is 0 Å². The zero-order valence-electron chi connectivity index (χ0n) is 74.2. The van der Waals surface area contributed by atoms with Gasteiger partial charge in [0, 0.05) is 117 Å². The van der Waals surface area contributed by atoms with Gasteiger partial charge in [0.15, 0.2) is 0 Å². The Bertz CT molecular complexity index is 6850. The van der Waals surface area contributed by atoms with Gasteiger partial charge in [-0.2, -0.15) is 0 Å². The van der Waals surface area contributed by atoms with Gasteiger partial charge in [0.25, 0.3) is 43.7 Å². The quantitative estimate of drug-likeness (QED) is 0.0786. The number of carbonyl (C=O) groups is 6. The maximum absolute atomic E-state index is 14.0. The minimum atomic E-state index is -4.04. The van der Waals surface area contributed by atoms with Crippen molar-refractivity contribution in [3.05, 3.63) is 280 Å². The molecule has 25 nitrogen and oxygen atoms in total. The summed E-state index contributed by atoms with van der Waals surface area (Å²) in [7, 11) is -11.6. The zero-order valence-corrected chi connectivity index (χ0v) is 76.7. The first kappa shape index (κ1) is 91.1. The molecule has 0 radical (unpaired) electrons. The van der Waals surface area contributed by atoms with Crippen molar-refractivity contribution in [3.63, 3.8) is 0 Å². The van der Waals surface area contributed by atoms with E-state index in [1.54, 1.807) is 84.9 Å². The number of carboxylic acid groups (broad SMARTS) is 1. The lowest BCUT2D eigenvalue weighted by atomic mass is 9.81. The second-order valence-electron chi connectivity index (χ2n) is 35.7. The summed E-state index contributed by atoms with van der Waals surface area (Å²) in [6.45, 7) is 7.94. The second kappa shape index (κ2) is 39.8. The van der Waals surface area contributed by atoms with Crippen molar-refractivity contribution in [2.75, 3.05) is 78.9 Å². The first-order valence-electron chi connectivity index (χ1n) is 46.4. The summed E-state index contributed by atoms with van der Waals surface area (Å²) in [5, 5.41) is 17.8. The predicted octanol–water partition coefficient (Wildman–Crippen LogP) is 16.9. The van der Waals surface area contributed by atoms with E-state index in [4.69, 9.17) is 19.3 Å². The van der Waals surface area contributed by atoms with Gasteiger partial charge >= 0.3 is 5.97 Å². The summed E-state index contributed by atoms with van der Waals surface area (Å²) in [6, 6.07) is 65.1. The molecule has 3 saturated heterocycles. The van der Waals surface area contributed by atoms with Crippen LogP contribution in [0.2, 0.25) is 0 Å². The molecule has 1 unspecified atom stereocenters. The molecule has 5 N–H and O–H groups in total. The largest absolute Gasteiger partial charge is 0.478 e. The van der Waals surface area contributed by atoms with E-state index < -0.39 is 47.9 Å². The molecule has 28 heteroatoms. The van der Waals surface area contributed by atoms with Crippen LogP contribution in [-0.2, 0) is 84.7 Å². The Morgan fingerprint density at radius 1 is 0.368 bits per heavy atom. The van der Waals surface area contributed by atoms with Crippen molar-refractivity contribution < 1.29 is 73.3 Å². The summed E-state index contributed by atoms with van der Waals surface area (Å²) >= 11 is 0. The molecule has 3 aliphatic carbocycles. The number of hydrogen-bond acceptors (Lipinski definition) is 15. The number of nitrogens with two attached hydrogens (primary N) is 1. The number of amides is 5. The number of ether oxygens (including phenoxy) is 3. The smallest absolute Gasteiger partial charge is 0.335 e. The molecular weight excluding hydrogens is 1740 g/mol. The standard InChI is InChI=1S/C35H37N3O5S.C35H35N3O5S.C29H30N2O4.C6H7NO2S/c2*39-34(36-44(41,42)28-12-5-2-6-13-28)26-15-16-30-31(22-26)38-23-27(35(40)37-17-19-43-20-18-37)21-25-11-7-8-14-29(25)33(38)32(30)24-9-3-1-4-10-24;32-28(30-12-14-35-15-13-30)22-16-20-8-4-5-9-23(20)27-26(19-6-2-1-3-7-19)24-11-10-21(29(33)34)17-25(24)31(27)18-22;7-10(8,9)6-4-2-1-3-5-6/h2,5-8,11-16,22,24,27H,1,3-4,9-10,17-21,23H2,(H,36,39);2,5-8,11-16,21-22,24H,1,3-4,9-10,17-20,23H2,(H,36,39);4-5,8-11,16-17,19H,1-3,6-7,12-15,18H2,(H,33,34);1-5H,(H2,7,8,9). The predicted molar refractivity (Wildman–Crippen MR) is 512 cm³/mol. The van der Waals surface area contributed by atoms with E-state index in [1.807, 2.05) is 75.4 Å². The minimum Gasteiger partial charge on any atom is -0.478 e. The van der Waals surface area contributed by atoms with Crippen LogP contribution in [0, 0.1) is 5.92 Å². The molecule has 3 saturated carbocycles. The van der Waals surface area contributed by atoms with Crippen LogP contribution in [0.3, 0.4) is 0 Å². The fraction of sp³-hybridized carbons (Fsp3) is 0.333. The van der Waals surface area contributed by atoms with Crippen LogP contribution >= 0.6 is 0 Å². The second-order valence-corrected chi connectivity index (χ2v) is 40.7. The molecule has 21 rings (SSSR count). The highest BCUT2D eigenvalue weighted by Gasteiger charge is 2.39. The molecule has 6 aliphatic heterocycles. The number of aromatic nitrogens is 3. The summed E-state index contributed by atoms with van der Waals surface area (Å²) in [5.41, 5.74) is 18.5. The highest BCUT2D eigenvalue weighted by Crippen LogP contribution is 2.51. The first-order chi connectivity index (χ1) is 64.5. The van der Waals surface area contributed by atoms with Gasteiger partial charge in [0.05, 0.1) is 96.0 Å². The molecule has 688 valence electrons. The Labute approximate surface area is 774 Å². The Morgan fingerprint density at radius 3 is 1.10 bits per heavy atom. The summed E-state index contributed by atoms with van der Waals surface area (Å²) in [4.78, 5) is 86.1. The maximum Gasteiger partial charge on any atom is 0.335 e. The van der Waals surface area contributed by atoms with Gasteiger partial charge in [-0.05, 0) is 181 Å². The van der Waals surface area contributed by atoms with Crippen molar-refractivity contribution in [2.45, 2.75) is 155 Å². The number of aromatic carboxylic acids is 1. The van der Waals surface area contributed by atoms with Crippen molar-refractivity contribution in [1.29, 1.82) is 0 Å². The Morgan fingerprint density at radius 2 is 0.707 bits per heavy atom. The zero-order chi connectivity index (χ0) is 92.1. The van der Waals surface area contributed by atoms with Crippen molar-refractivity contribution in [2.24, 2.45) is 11.1 Å². The van der Waals surface area contributed by atoms with Crippen molar-refractivity contribution in [3.8, 4) is 33.8 Å². The fourth-order valence-corrected chi connectivity index (χ4v) is 23.5. The number of rotatable bonds is 14. The van der Waals surface area contributed by atoms with Gasteiger partial charge in [0.1, 0.15) is 0 Å². The lowest BCUT2D eigenvalue weighted by molar-refractivity contribution is -0.140. The molecule has 6 fully saturated rings. The van der Waals surface area contributed by atoms with Crippen LogP contribution in [0.4, 0.5) is 0 Å². The third kappa shape index (κ3) is 19.4. The topological polar surface area (TPSA) is 327 Å².